The SMILES string of the molecule is CCCNC(CCC)CCCc1sccc1Br. The van der Waals surface area contributed by atoms with Gasteiger partial charge in [-0.25, -0.2) is 0 Å². The molecule has 98 valence electrons. The van der Waals surface area contributed by atoms with Crippen molar-refractivity contribution in [1.29, 1.82) is 0 Å². The second-order valence-corrected chi connectivity index (χ2v) is 6.38. The van der Waals surface area contributed by atoms with E-state index in [2.05, 4.69) is 46.5 Å². The van der Waals surface area contributed by atoms with Crippen molar-refractivity contribution in [3.63, 3.8) is 0 Å². The molecule has 0 aliphatic rings. The van der Waals surface area contributed by atoms with Crippen molar-refractivity contribution in [2.75, 3.05) is 6.54 Å². The van der Waals surface area contributed by atoms with Gasteiger partial charge in [0, 0.05) is 15.4 Å². The summed E-state index contributed by atoms with van der Waals surface area (Å²) in [7, 11) is 0. The second kappa shape index (κ2) is 9.12. The van der Waals surface area contributed by atoms with Crippen LogP contribution >= 0.6 is 27.3 Å². The molecule has 3 heteroatoms. The number of thiophene rings is 1. The number of aryl methyl sites for hydroxylation is 1. The first-order valence-electron chi connectivity index (χ1n) is 6.73. The fourth-order valence-corrected chi connectivity index (χ4v) is 3.65. The van der Waals surface area contributed by atoms with Gasteiger partial charge in [-0.15, -0.1) is 11.3 Å². The van der Waals surface area contributed by atoms with E-state index in [1.165, 1.54) is 47.9 Å². The maximum atomic E-state index is 3.66. The number of halogens is 1. The maximum Gasteiger partial charge on any atom is 0.0314 e. The van der Waals surface area contributed by atoms with E-state index in [1.807, 2.05) is 11.3 Å². The molecule has 0 saturated heterocycles. The summed E-state index contributed by atoms with van der Waals surface area (Å²) >= 11 is 5.47. The highest BCUT2D eigenvalue weighted by Crippen LogP contribution is 2.24. The lowest BCUT2D eigenvalue weighted by Crippen LogP contribution is -2.29. The third kappa shape index (κ3) is 6.03. The summed E-state index contributed by atoms with van der Waals surface area (Å²) in [5, 5.41) is 5.82. The van der Waals surface area contributed by atoms with Gasteiger partial charge in [0.05, 0.1) is 0 Å². The Labute approximate surface area is 118 Å². The summed E-state index contributed by atoms with van der Waals surface area (Å²) in [5.74, 6) is 0. The van der Waals surface area contributed by atoms with Crippen LogP contribution in [0.15, 0.2) is 15.9 Å². The molecule has 0 bridgehead atoms. The predicted molar refractivity (Wildman–Crippen MR) is 81.9 cm³/mol. The maximum absolute atomic E-state index is 3.66. The molecule has 1 aromatic rings. The molecule has 0 aliphatic heterocycles. The average molecular weight is 318 g/mol. The third-order valence-electron chi connectivity index (χ3n) is 2.97. The van der Waals surface area contributed by atoms with E-state index >= 15 is 0 Å². The Morgan fingerprint density at radius 3 is 2.71 bits per heavy atom. The van der Waals surface area contributed by atoms with Gasteiger partial charge in [0.2, 0.25) is 0 Å². The molecular formula is C14H24BrNS. The lowest BCUT2D eigenvalue weighted by molar-refractivity contribution is 0.438. The third-order valence-corrected chi connectivity index (χ3v) is 4.95. The Balaban J connectivity index is 2.24. The lowest BCUT2D eigenvalue weighted by Gasteiger charge is -2.17. The molecule has 1 nitrogen and oxygen atoms in total. The van der Waals surface area contributed by atoms with Crippen molar-refractivity contribution >= 4 is 27.3 Å². The standard InChI is InChI=1S/C14H24BrNS/c1-3-6-12(16-10-4-2)7-5-8-14-13(15)9-11-17-14/h9,11-12,16H,3-8,10H2,1-2H3. The molecule has 0 amide bonds. The molecule has 0 fully saturated rings. The quantitative estimate of drug-likeness (QED) is 0.675. The van der Waals surface area contributed by atoms with Gasteiger partial charge in [-0.05, 0) is 66.0 Å². The van der Waals surface area contributed by atoms with Crippen LogP contribution in [0, 0.1) is 0 Å². The van der Waals surface area contributed by atoms with Crippen LogP contribution < -0.4 is 5.32 Å². The molecule has 1 N–H and O–H groups in total. The van der Waals surface area contributed by atoms with Crippen LogP contribution in [0.4, 0.5) is 0 Å². The zero-order valence-corrected chi connectivity index (χ0v) is 13.4. The number of nitrogens with one attached hydrogen (secondary N) is 1. The van der Waals surface area contributed by atoms with Crippen molar-refractivity contribution in [3.05, 3.63) is 20.8 Å². The van der Waals surface area contributed by atoms with E-state index < -0.39 is 0 Å². The normalized spacial score (nSPS) is 12.9. The van der Waals surface area contributed by atoms with Crippen molar-refractivity contribution in [3.8, 4) is 0 Å². The minimum Gasteiger partial charge on any atom is -0.314 e. The van der Waals surface area contributed by atoms with Crippen LogP contribution in [-0.4, -0.2) is 12.6 Å². The smallest absolute Gasteiger partial charge is 0.0314 e. The van der Waals surface area contributed by atoms with Crippen LogP contribution in [0.1, 0.15) is 50.8 Å². The van der Waals surface area contributed by atoms with E-state index in [-0.39, 0.29) is 0 Å². The zero-order valence-electron chi connectivity index (χ0n) is 11.0. The molecule has 1 heterocycles. The van der Waals surface area contributed by atoms with Crippen molar-refractivity contribution < 1.29 is 0 Å². The van der Waals surface area contributed by atoms with Crippen LogP contribution in [0.5, 0.6) is 0 Å². The molecule has 1 unspecified atom stereocenters. The minimum absolute atomic E-state index is 0.721. The largest absolute Gasteiger partial charge is 0.314 e. The molecule has 0 aromatic carbocycles. The Kier molecular flexibility index (Phi) is 8.15. The summed E-state index contributed by atoms with van der Waals surface area (Å²) in [4.78, 5) is 1.50. The topological polar surface area (TPSA) is 12.0 Å². The molecule has 0 radical (unpaired) electrons. The summed E-state index contributed by atoms with van der Waals surface area (Å²) in [6, 6.07) is 2.87. The highest BCUT2D eigenvalue weighted by Gasteiger charge is 2.07. The molecule has 17 heavy (non-hydrogen) atoms. The van der Waals surface area contributed by atoms with Gasteiger partial charge in [0.1, 0.15) is 0 Å². The van der Waals surface area contributed by atoms with Gasteiger partial charge < -0.3 is 5.32 Å². The highest BCUT2D eigenvalue weighted by molar-refractivity contribution is 9.10. The van der Waals surface area contributed by atoms with Crippen LogP contribution in [0.2, 0.25) is 0 Å². The van der Waals surface area contributed by atoms with E-state index in [4.69, 9.17) is 0 Å². The first kappa shape index (κ1) is 15.2. The number of hydrogen-bond donors (Lipinski definition) is 1. The Bertz CT molecular complexity index is 298. The minimum atomic E-state index is 0.721. The molecule has 1 aromatic heterocycles. The molecule has 0 spiro atoms. The predicted octanol–water partition coefficient (Wildman–Crippen LogP) is 5.00. The van der Waals surface area contributed by atoms with Crippen molar-refractivity contribution in [1.82, 2.24) is 5.32 Å². The van der Waals surface area contributed by atoms with Crippen LogP contribution in [-0.2, 0) is 6.42 Å². The van der Waals surface area contributed by atoms with Gasteiger partial charge in [0.15, 0.2) is 0 Å². The van der Waals surface area contributed by atoms with E-state index in [9.17, 15) is 0 Å². The van der Waals surface area contributed by atoms with Gasteiger partial charge in [-0.2, -0.15) is 0 Å². The van der Waals surface area contributed by atoms with Gasteiger partial charge in [0.25, 0.3) is 0 Å². The van der Waals surface area contributed by atoms with Crippen molar-refractivity contribution in [2.45, 2.75) is 58.4 Å². The zero-order chi connectivity index (χ0) is 12.5. The Hall–Kier alpha value is 0.140. The molecule has 0 aliphatic carbocycles. The second-order valence-electron chi connectivity index (χ2n) is 4.52. The van der Waals surface area contributed by atoms with E-state index in [0.29, 0.717) is 0 Å². The summed E-state index contributed by atoms with van der Waals surface area (Å²) < 4.78 is 1.29. The summed E-state index contributed by atoms with van der Waals surface area (Å²) in [6.07, 6.45) is 7.64. The molecule has 0 saturated carbocycles. The van der Waals surface area contributed by atoms with Gasteiger partial charge in [-0.1, -0.05) is 20.3 Å². The van der Waals surface area contributed by atoms with Gasteiger partial charge in [-0.3, -0.25) is 0 Å². The fourth-order valence-electron chi connectivity index (χ4n) is 2.06. The Morgan fingerprint density at radius 1 is 1.29 bits per heavy atom. The molecule has 1 rings (SSSR count). The number of rotatable bonds is 9. The molecule has 1 atom stereocenters. The summed E-state index contributed by atoms with van der Waals surface area (Å²) in [5.41, 5.74) is 0. The Morgan fingerprint density at radius 2 is 2.12 bits per heavy atom. The highest BCUT2D eigenvalue weighted by atomic mass is 79.9. The first-order chi connectivity index (χ1) is 8.27. The lowest BCUT2D eigenvalue weighted by atomic mass is 10.0. The molecular weight excluding hydrogens is 294 g/mol. The van der Waals surface area contributed by atoms with Crippen LogP contribution in [0.3, 0.4) is 0 Å². The van der Waals surface area contributed by atoms with E-state index in [0.717, 1.165) is 12.6 Å². The monoisotopic (exact) mass is 317 g/mol. The number of hydrogen-bond acceptors (Lipinski definition) is 2. The van der Waals surface area contributed by atoms with Crippen molar-refractivity contribution in [2.24, 2.45) is 0 Å². The van der Waals surface area contributed by atoms with Crippen LogP contribution in [0.25, 0.3) is 0 Å². The van der Waals surface area contributed by atoms with E-state index in [1.54, 1.807) is 0 Å². The van der Waals surface area contributed by atoms with Gasteiger partial charge >= 0.3 is 0 Å². The average Bonchev–Trinajstić information content (AvgIpc) is 2.72. The first-order valence-corrected chi connectivity index (χ1v) is 8.40. The summed E-state index contributed by atoms with van der Waals surface area (Å²) in [6.45, 7) is 5.67. The fraction of sp³-hybridized carbons (Fsp3) is 0.714.